The van der Waals surface area contributed by atoms with Crippen LogP contribution >= 0.6 is 0 Å². The van der Waals surface area contributed by atoms with Crippen molar-refractivity contribution in [2.24, 2.45) is 0 Å². The molecule has 2 heterocycles. The summed E-state index contributed by atoms with van der Waals surface area (Å²) in [5, 5.41) is 9.68. The molecule has 1 aliphatic rings. The predicted molar refractivity (Wildman–Crippen MR) is 93.2 cm³/mol. The fourth-order valence-corrected chi connectivity index (χ4v) is 3.89. The molecule has 1 saturated heterocycles. The third kappa shape index (κ3) is 3.17. The Morgan fingerprint density at radius 2 is 1.96 bits per heavy atom. The highest BCUT2D eigenvalue weighted by Crippen LogP contribution is 2.34. The van der Waals surface area contributed by atoms with Gasteiger partial charge in [-0.05, 0) is 80.1 Å². The van der Waals surface area contributed by atoms with Gasteiger partial charge in [0.2, 0.25) is 0 Å². The van der Waals surface area contributed by atoms with E-state index in [0.29, 0.717) is 6.04 Å². The molecule has 0 spiro atoms. The van der Waals surface area contributed by atoms with E-state index in [4.69, 9.17) is 0 Å². The second-order valence-electron chi connectivity index (χ2n) is 6.63. The van der Waals surface area contributed by atoms with Gasteiger partial charge in [0.05, 0.1) is 18.3 Å². The summed E-state index contributed by atoms with van der Waals surface area (Å²) in [6.07, 6.45) is 4.28. The first kappa shape index (κ1) is 16.2. The number of aliphatic hydroxyl groups excluding tert-OH is 1. The van der Waals surface area contributed by atoms with Crippen molar-refractivity contribution in [3.05, 3.63) is 64.0 Å². The number of nitrogens with zero attached hydrogens (tertiary/aromatic N) is 2. The lowest BCUT2D eigenvalue weighted by atomic mass is 9.93. The summed E-state index contributed by atoms with van der Waals surface area (Å²) in [5.41, 5.74) is 7.38. The number of likely N-dealkylation sites (tertiary alicyclic amines) is 1. The van der Waals surface area contributed by atoms with Gasteiger partial charge in [-0.2, -0.15) is 0 Å². The molecule has 2 aromatic rings. The van der Waals surface area contributed by atoms with E-state index in [0.717, 1.165) is 18.7 Å². The number of rotatable bonds is 4. The van der Waals surface area contributed by atoms with Gasteiger partial charge in [0.25, 0.3) is 0 Å². The zero-order valence-electron chi connectivity index (χ0n) is 14.3. The monoisotopic (exact) mass is 310 g/mol. The van der Waals surface area contributed by atoms with E-state index >= 15 is 0 Å². The van der Waals surface area contributed by atoms with Crippen LogP contribution in [0.3, 0.4) is 0 Å². The summed E-state index contributed by atoms with van der Waals surface area (Å²) >= 11 is 0. The maximum Gasteiger partial charge on any atom is 0.0687 e. The van der Waals surface area contributed by atoms with Crippen LogP contribution < -0.4 is 0 Å². The van der Waals surface area contributed by atoms with Crippen molar-refractivity contribution >= 4 is 0 Å². The lowest BCUT2D eigenvalue weighted by Crippen LogP contribution is -2.24. The molecule has 0 amide bonds. The fraction of sp³-hybridized carbons (Fsp3) is 0.450. The largest absolute Gasteiger partial charge is 0.392 e. The molecule has 3 rings (SSSR count). The van der Waals surface area contributed by atoms with Crippen molar-refractivity contribution in [3.8, 4) is 0 Å². The van der Waals surface area contributed by atoms with Gasteiger partial charge in [-0.25, -0.2) is 0 Å². The number of hydrogen-bond donors (Lipinski definition) is 1. The van der Waals surface area contributed by atoms with Crippen molar-refractivity contribution in [1.29, 1.82) is 0 Å². The lowest BCUT2D eigenvalue weighted by molar-refractivity contribution is 0.242. The fourth-order valence-electron chi connectivity index (χ4n) is 3.89. The van der Waals surface area contributed by atoms with Gasteiger partial charge >= 0.3 is 0 Å². The maximum absolute atomic E-state index is 9.68. The van der Waals surface area contributed by atoms with Gasteiger partial charge in [0.15, 0.2) is 0 Å². The Balaban J connectivity index is 1.90. The van der Waals surface area contributed by atoms with E-state index in [1.54, 1.807) is 0 Å². The molecule has 0 aliphatic carbocycles. The van der Waals surface area contributed by atoms with Gasteiger partial charge in [-0.15, -0.1) is 0 Å². The Bertz CT molecular complexity index is 682. The van der Waals surface area contributed by atoms with Crippen LogP contribution in [0.1, 0.15) is 52.4 Å². The molecule has 1 aromatic carbocycles. The summed E-state index contributed by atoms with van der Waals surface area (Å²) in [4.78, 5) is 7.10. The highest BCUT2D eigenvalue weighted by molar-refractivity contribution is 5.44. The van der Waals surface area contributed by atoms with E-state index in [2.05, 4.69) is 48.9 Å². The SMILES string of the molecule is Cc1cc(C)c(CN2CCC[C@@H]2c2ccccn2)c(C)c1CO. The summed E-state index contributed by atoms with van der Waals surface area (Å²) in [5.74, 6) is 0. The second-order valence-corrected chi connectivity index (χ2v) is 6.63. The number of aryl methyl sites for hydroxylation is 2. The highest BCUT2D eigenvalue weighted by Gasteiger charge is 2.27. The van der Waals surface area contributed by atoms with Crippen LogP contribution in [0.4, 0.5) is 0 Å². The predicted octanol–water partition coefficient (Wildman–Crippen LogP) is 3.84. The van der Waals surface area contributed by atoms with Crippen LogP contribution in [-0.2, 0) is 13.2 Å². The van der Waals surface area contributed by atoms with Crippen molar-refractivity contribution in [3.63, 3.8) is 0 Å². The van der Waals surface area contributed by atoms with E-state index in [9.17, 15) is 5.11 Å². The lowest BCUT2D eigenvalue weighted by Gasteiger charge is -2.27. The smallest absolute Gasteiger partial charge is 0.0687 e. The highest BCUT2D eigenvalue weighted by atomic mass is 16.3. The molecule has 0 radical (unpaired) electrons. The molecule has 3 heteroatoms. The molecule has 1 atom stereocenters. The number of aromatic nitrogens is 1. The molecule has 0 bridgehead atoms. The van der Waals surface area contributed by atoms with Crippen molar-refractivity contribution in [2.75, 3.05) is 6.54 Å². The Kier molecular flexibility index (Phi) is 4.79. The number of pyridine rings is 1. The van der Waals surface area contributed by atoms with Crippen LogP contribution in [0, 0.1) is 20.8 Å². The molecule has 0 saturated carbocycles. The maximum atomic E-state index is 9.68. The third-order valence-electron chi connectivity index (χ3n) is 5.20. The Labute approximate surface area is 139 Å². The van der Waals surface area contributed by atoms with Crippen molar-refractivity contribution in [1.82, 2.24) is 9.88 Å². The summed E-state index contributed by atoms with van der Waals surface area (Å²) in [6.45, 7) is 8.58. The van der Waals surface area contributed by atoms with Gasteiger partial charge in [-0.1, -0.05) is 12.1 Å². The Morgan fingerprint density at radius 3 is 2.65 bits per heavy atom. The van der Waals surface area contributed by atoms with E-state index in [-0.39, 0.29) is 6.61 Å². The molecule has 3 nitrogen and oxygen atoms in total. The average Bonchev–Trinajstić information content (AvgIpc) is 3.01. The zero-order valence-corrected chi connectivity index (χ0v) is 14.3. The summed E-state index contributed by atoms with van der Waals surface area (Å²) in [7, 11) is 0. The molecular weight excluding hydrogens is 284 g/mol. The van der Waals surface area contributed by atoms with Gasteiger partial charge < -0.3 is 5.11 Å². The Hall–Kier alpha value is -1.71. The third-order valence-corrected chi connectivity index (χ3v) is 5.20. The summed E-state index contributed by atoms with van der Waals surface area (Å²) < 4.78 is 0. The minimum Gasteiger partial charge on any atom is -0.392 e. The van der Waals surface area contributed by atoms with E-state index in [1.165, 1.54) is 40.8 Å². The van der Waals surface area contributed by atoms with Crippen LogP contribution in [0.25, 0.3) is 0 Å². The normalized spacial score (nSPS) is 18.5. The van der Waals surface area contributed by atoms with Crippen LogP contribution in [0.2, 0.25) is 0 Å². The Morgan fingerprint density at radius 1 is 1.17 bits per heavy atom. The van der Waals surface area contributed by atoms with Crippen LogP contribution in [0.5, 0.6) is 0 Å². The number of benzene rings is 1. The molecular formula is C20H26N2O. The standard InChI is InChI=1S/C20H26N2O/c1-14-11-15(2)18(13-23)16(3)17(14)12-22-10-6-8-20(22)19-7-4-5-9-21-19/h4-5,7,9,11,20,23H,6,8,10,12-13H2,1-3H3/t20-/m1/s1. The number of aliphatic hydroxyl groups is 1. The van der Waals surface area contributed by atoms with E-state index < -0.39 is 0 Å². The number of hydrogen-bond acceptors (Lipinski definition) is 3. The molecule has 1 aromatic heterocycles. The minimum atomic E-state index is 0.120. The molecule has 0 unspecified atom stereocenters. The first-order valence-electron chi connectivity index (χ1n) is 8.46. The zero-order chi connectivity index (χ0) is 16.4. The summed E-state index contributed by atoms with van der Waals surface area (Å²) in [6, 6.07) is 8.81. The molecule has 1 aliphatic heterocycles. The van der Waals surface area contributed by atoms with Crippen LogP contribution in [0.15, 0.2) is 30.5 Å². The molecule has 23 heavy (non-hydrogen) atoms. The quantitative estimate of drug-likeness (QED) is 0.932. The van der Waals surface area contributed by atoms with Gasteiger partial charge in [0.1, 0.15) is 0 Å². The average molecular weight is 310 g/mol. The van der Waals surface area contributed by atoms with Crippen LogP contribution in [-0.4, -0.2) is 21.5 Å². The second kappa shape index (κ2) is 6.81. The van der Waals surface area contributed by atoms with Gasteiger partial charge in [0, 0.05) is 12.7 Å². The molecule has 1 fully saturated rings. The molecule has 122 valence electrons. The minimum absolute atomic E-state index is 0.120. The van der Waals surface area contributed by atoms with Crippen molar-refractivity contribution < 1.29 is 5.11 Å². The van der Waals surface area contributed by atoms with E-state index in [1.807, 2.05) is 12.3 Å². The first-order valence-corrected chi connectivity index (χ1v) is 8.46. The van der Waals surface area contributed by atoms with Gasteiger partial charge in [-0.3, -0.25) is 9.88 Å². The first-order chi connectivity index (χ1) is 11.1. The topological polar surface area (TPSA) is 36.4 Å². The molecule has 1 N–H and O–H groups in total. The van der Waals surface area contributed by atoms with Crippen molar-refractivity contribution in [2.45, 2.75) is 52.8 Å².